The van der Waals surface area contributed by atoms with Gasteiger partial charge in [0.05, 0.1) is 11.6 Å². The smallest absolute Gasteiger partial charge is 0.433 e. The summed E-state index contributed by atoms with van der Waals surface area (Å²) in [4.78, 5) is 26.4. The molecule has 0 fully saturated rings. The van der Waals surface area contributed by atoms with Crippen molar-refractivity contribution in [3.05, 3.63) is 70.5 Å². The average Bonchev–Trinajstić information content (AvgIpc) is 3.30. The van der Waals surface area contributed by atoms with Gasteiger partial charge in [0.1, 0.15) is 16.2 Å². The Kier molecular flexibility index (Phi) is 3.81. The van der Waals surface area contributed by atoms with E-state index >= 15 is 0 Å². The number of phenolic OH excluding ortho intramolecular Hbond substituents is 1. The van der Waals surface area contributed by atoms with E-state index in [0.29, 0.717) is 16.8 Å². The number of carbonyl (C=O) groups excluding carboxylic acids is 1. The minimum Gasteiger partial charge on any atom is -0.507 e. The Morgan fingerprint density at radius 1 is 1.11 bits per heavy atom. The molecule has 0 aliphatic rings. The van der Waals surface area contributed by atoms with Gasteiger partial charge in [-0.1, -0.05) is 12.1 Å². The molecule has 0 unspecified atom stereocenters. The fraction of sp³-hybridized carbons (Fsp3) is 0. The molecule has 9 nitrogen and oxygen atoms in total. The van der Waals surface area contributed by atoms with Crippen molar-refractivity contribution in [2.75, 3.05) is 5.32 Å². The Labute approximate surface area is 151 Å². The third-order valence-electron chi connectivity index (χ3n) is 3.77. The number of carbonyl (C=O) groups is 1. The zero-order valence-corrected chi connectivity index (χ0v) is 13.6. The van der Waals surface area contributed by atoms with Crippen molar-refractivity contribution in [3.63, 3.8) is 0 Å². The van der Waals surface area contributed by atoms with Gasteiger partial charge < -0.3 is 19.3 Å². The summed E-state index contributed by atoms with van der Waals surface area (Å²) in [5, 5.41) is 23.3. The molecule has 4 rings (SSSR count). The molecule has 134 valence electrons. The first-order valence-electron chi connectivity index (χ1n) is 7.76. The number of hydrogen-bond donors (Lipinski definition) is 2. The van der Waals surface area contributed by atoms with E-state index in [1.807, 2.05) is 6.07 Å². The van der Waals surface area contributed by atoms with Gasteiger partial charge in [-0.3, -0.25) is 14.9 Å². The lowest BCUT2D eigenvalue weighted by atomic mass is 10.1. The molecule has 1 amide bonds. The lowest BCUT2D eigenvalue weighted by molar-refractivity contribution is -0.402. The molecule has 0 atom stereocenters. The number of anilines is 1. The predicted octanol–water partition coefficient (Wildman–Crippen LogP) is 3.95. The van der Waals surface area contributed by atoms with Crippen LogP contribution in [0.1, 0.15) is 10.6 Å². The van der Waals surface area contributed by atoms with Crippen LogP contribution < -0.4 is 5.32 Å². The monoisotopic (exact) mass is 365 g/mol. The summed E-state index contributed by atoms with van der Waals surface area (Å²) in [7, 11) is 0. The van der Waals surface area contributed by atoms with E-state index in [1.165, 1.54) is 24.3 Å². The number of furan rings is 1. The number of nitrogens with one attached hydrogen (secondary N) is 1. The van der Waals surface area contributed by atoms with E-state index in [1.54, 1.807) is 18.2 Å². The van der Waals surface area contributed by atoms with Gasteiger partial charge in [0.2, 0.25) is 5.89 Å². The first kappa shape index (κ1) is 16.3. The number of fused-ring (bicyclic) bond motifs is 1. The Balaban J connectivity index is 1.63. The topological polar surface area (TPSA) is 132 Å². The van der Waals surface area contributed by atoms with Crippen molar-refractivity contribution < 1.29 is 23.7 Å². The van der Waals surface area contributed by atoms with Crippen LogP contribution in [-0.2, 0) is 0 Å². The molecule has 0 spiro atoms. The number of rotatable bonds is 4. The number of nitro groups is 1. The molecule has 0 aliphatic carbocycles. The molecule has 4 aromatic rings. The largest absolute Gasteiger partial charge is 0.507 e. The van der Waals surface area contributed by atoms with E-state index in [2.05, 4.69) is 10.3 Å². The summed E-state index contributed by atoms with van der Waals surface area (Å²) in [6.45, 7) is 0. The van der Waals surface area contributed by atoms with Crippen molar-refractivity contribution in [3.8, 4) is 17.2 Å². The van der Waals surface area contributed by atoms with Crippen LogP contribution in [0.2, 0.25) is 0 Å². The Morgan fingerprint density at radius 2 is 1.93 bits per heavy atom. The van der Waals surface area contributed by atoms with Crippen LogP contribution >= 0.6 is 0 Å². The van der Waals surface area contributed by atoms with Crippen molar-refractivity contribution in [1.82, 2.24) is 4.98 Å². The standard InChI is InChI=1S/C18H11N3O6/c22-13-6-5-10(19-17(23)15-7-8-16(26-15)21(24)25)9-11(13)18-20-12-3-1-2-4-14(12)27-18/h1-9,22H,(H,19,23). The molecular formula is C18H11N3O6. The highest BCUT2D eigenvalue weighted by Crippen LogP contribution is 2.33. The van der Waals surface area contributed by atoms with Crippen molar-refractivity contribution >= 4 is 28.6 Å². The van der Waals surface area contributed by atoms with Crippen LogP contribution in [-0.4, -0.2) is 20.9 Å². The molecule has 0 bridgehead atoms. The van der Waals surface area contributed by atoms with Gasteiger partial charge in [0, 0.05) is 5.69 Å². The normalized spacial score (nSPS) is 10.8. The molecule has 9 heteroatoms. The van der Waals surface area contributed by atoms with Gasteiger partial charge in [-0.2, -0.15) is 0 Å². The highest BCUT2D eigenvalue weighted by molar-refractivity contribution is 6.02. The maximum atomic E-state index is 12.2. The first-order valence-corrected chi connectivity index (χ1v) is 7.76. The lowest BCUT2D eigenvalue weighted by Gasteiger charge is -2.06. The first-order chi connectivity index (χ1) is 13.0. The highest BCUT2D eigenvalue weighted by atomic mass is 16.6. The van der Waals surface area contributed by atoms with Crippen LogP contribution in [0.4, 0.5) is 11.6 Å². The summed E-state index contributed by atoms with van der Waals surface area (Å²) in [6, 6.07) is 13.8. The Bertz CT molecular complexity index is 1140. The minimum absolute atomic E-state index is 0.0757. The number of nitrogens with zero attached hydrogens (tertiary/aromatic N) is 2. The van der Waals surface area contributed by atoms with Gasteiger partial charge in [0.25, 0.3) is 5.91 Å². The SMILES string of the molecule is O=C(Nc1ccc(O)c(-c2nc3ccccc3o2)c1)c1ccc([N+](=O)[O-])o1. The minimum atomic E-state index is -0.733. The molecule has 0 radical (unpaired) electrons. The van der Waals surface area contributed by atoms with Crippen molar-refractivity contribution in [2.24, 2.45) is 0 Å². The summed E-state index contributed by atoms with van der Waals surface area (Å²) in [5.41, 5.74) is 1.80. The lowest BCUT2D eigenvalue weighted by Crippen LogP contribution is -2.10. The molecule has 2 N–H and O–H groups in total. The van der Waals surface area contributed by atoms with Crippen LogP contribution in [0.15, 0.2) is 63.4 Å². The molecule has 2 aromatic carbocycles. The summed E-state index contributed by atoms with van der Waals surface area (Å²) < 4.78 is 10.5. The zero-order valence-electron chi connectivity index (χ0n) is 13.6. The molecular weight excluding hydrogens is 354 g/mol. The average molecular weight is 365 g/mol. The van der Waals surface area contributed by atoms with Crippen molar-refractivity contribution in [2.45, 2.75) is 0 Å². The number of aromatic hydroxyl groups is 1. The zero-order chi connectivity index (χ0) is 19.0. The predicted molar refractivity (Wildman–Crippen MR) is 94.4 cm³/mol. The second kappa shape index (κ2) is 6.30. The summed E-state index contributed by atoms with van der Waals surface area (Å²) >= 11 is 0. The van der Waals surface area contributed by atoms with Gasteiger partial charge in [-0.15, -0.1) is 0 Å². The van der Waals surface area contributed by atoms with Crippen molar-refractivity contribution in [1.29, 1.82) is 0 Å². The number of amides is 1. The van der Waals surface area contributed by atoms with Gasteiger partial charge in [0.15, 0.2) is 11.3 Å². The van der Waals surface area contributed by atoms with E-state index in [-0.39, 0.29) is 23.0 Å². The maximum absolute atomic E-state index is 12.2. The van der Waals surface area contributed by atoms with Crippen LogP contribution in [0.3, 0.4) is 0 Å². The fourth-order valence-electron chi connectivity index (χ4n) is 2.51. The number of hydrogen-bond acceptors (Lipinski definition) is 7. The van der Waals surface area contributed by atoms with Gasteiger partial charge in [-0.05, 0) is 36.4 Å². The summed E-state index contributed by atoms with van der Waals surface area (Å²) in [5.74, 6) is -1.29. The molecule has 0 aliphatic heterocycles. The van der Waals surface area contributed by atoms with E-state index in [9.17, 15) is 20.0 Å². The van der Waals surface area contributed by atoms with Gasteiger partial charge in [-0.25, -0.2) is 4.98 Å². The number of aromatic nitrogens is 1. The quantitative estimate of drug-likeness (QED) is 0.318. The molecule has 27 heavy (non-hydrogen) atoms. The van der Waals surface area contributed by atoms with Crippen LogP contribution in [0.25, 0.3) is 22.6 Å². The third-order valence-corrected chi connectivity index (χ3v) is 3.77. The van der Waals surface area contributed by atoms with Crippen LogP contribution in [0, 0.1) is 10.1 Å². The number of oxazole rings is 1. The summed E-state index contributed by atoms with van der Waals surface area (Å²) in [6.07, 6.45) is 0. The fourth-order valence-corrected chi connectivity index (χ4v) is 2.51. The van der Waals surface area contributed by atoms with Crippen LogP contribution in [0.5, 0.6) is 5.75 Å². The molecule has 2 aromatic heterocycles. The highest BCUT2D eigenvalue weighted by Gasteiger charge is 2.18. The Hall–Kier alpha value is -4.14. The number of phenols is 1. The van der Waals surface area contributed by atoms with Gasteiger partial charge >= 0.3 is 5.88 Å². The third kappa shape index (κ3) is 3.09. The second-order valence-electron chi connectivity index (χ2n) is 5.57. The maximum Gasteiger partial charge on any atom is 0.433 e. The number of benzene rings is 2. The number of para-hydroxylation sites is 2. The molecule has 0 saturated heterocycles. The molecule has 2 heterocycles. The second-order valence-corrected chi connectivity index (χ2v) is 5.57. The molecule has 0 saturated carbocycles. The van der Waals surface area contributed by atoms with E-state index in [4.69, 9.17) is 8.83 Å². The van der Waals surface area contributed by atoms with E-state index < -0.39 is 16.7 Å². The Morgan fingerprint density at radius 3 is 2.67 bits per heavy atom. The van der Waals surface area contributed by atoms with E-state index in [0.717, 1.165) is 6.07 Å².